The monoisotopic (exact) mass is 276 g/mol. The Morgan fingerprint density at radius 1 is 1.10 bits per heavy atom. The number of aromatic nitrogens is 4. The van der Waals surface area contributed by atoms with Crippen molar-refractivity contribution in [2.24, 2.45) is 0 Å². The van der Waals surface area contributed by atoms with E-state index in [4.69, 9.17) is 5.10 Å². The van der Waals surface area contributed by atoms with Crippen molar-refractivity contribution in [3.63, 3.8) is 0 Å². The first-order valence-electron chi connectivity index (χ1n) is 7.18. The molecule has 0 saturated carbocycles. The van der Waals surface area contributed by atoms with Crippen LogP contribution in [0, 0.1) is 6.92 Å². The highest BCUT2D eigenvalue weighted by Gasteiger charge is 2.13. The molecule has 0 N–H and O–H groups in total. The zero-order chi connectivity index (χ0) is 14.4. The molecule has 4 rings (SSSR count). The molecule has 0 aliphatic rings. The summed E-state index contributed by atoms with van der Waals surface area (Å²) in [5.41, 5.74) is 5.13. The molecule has 3 heterocycles. The van der Waals surface area contributed by atoms with Gasteiger partial charge < -0.3 is 4.57 Å². The standard InChI is InChI=1S/C17H16N4/c1-3-20-10-9-14-12(2)18-16-11-15(19-21(16)17(14)20)13-7-5-4-6-8-13/h4-11H,3H2,1-2H3. The Labute approximate surface area is 122 Å². The van der Waals surface area contributed by atoms with Gasteiger partial charge in [-0.15, -0.1) is 0 Å². The number of fused-ring (bicyclic) bond motifs is 3. The van der Waals surface area contributed by atoms with Crippen molar-refractivity contribution in [2.75, 3.05) is 0 Å². The highest BCUT2D eigenvalue weighted by Crippen LogP contribution is 2.24. The third-order valence-electron chi connectivity index (χ3n) is 3.91. The number of hydrogen-bond acceptors (Lipinski definition) is 2. The summed E-state index contributed by atoms with van der Waals surface area (Å²) in [6.07, 6.45) is 2.10. The maximum absolute atomic E-state index is 4.77. The number of hydrogen-bond donors (Lipinski definition) is 0. The van der Waals surface area contributed by atoms with Gasteiger partial charge in [-0.25, -0.2) is 4.98 Å². The summed E-state index contributed by atoms with van der Waals surface area (Å²) < 4.78 is 4.16. The Morgan fingerprint density at radius 2 is 1.90 bits per heavy atom. The zero-order valence-corrected chi connectivity index (χ0v) is 12.1. The van der Waals surface area contributed by atoms with E-state index in [-0.39, 0.29) is 0 Å². The molecule has 4 aromatic rings. The van der Waals surface area contributed by atoms with E-state index in [1.54, 1.807) is 0 Å². The second-order valence-electron chi connectivity index (χ2n) is 5.20. The maximum atomic E-state index is 4.77. The van der Waals surface area contributed by atoms with Crippen molar-refractivity contribution < 1.29 is 0 Å². The molecule has 0 atom stereocenters. The first kappa shape index (κ1) is 12.1. The van der Waals surface area contributed by atoms with E-state index in [1.807, 2.05) is 22.7 Å². The van der Waals surface area contributed by atoms with Gasteiger partial charge in [0.15, 0.2) is 5.65 Å². The van der Waals surface area contributed by atoms with Crippen LogP contribution in [0.4, 0.5) is 0 Å². The van der Waals surface area contributed by atoms with Gasteiger partial charge in [-0.05, 0) is 19.9 Å². The molecule has 0 spiro atoms. The van der Waals surface area contributed by atoms with E-state index < -0.39 is 0 Å². The summed E-state index contributed by atoms with van der Waals surface area (Å²) in [5, 5.41) is 5.93. The van der Waals surface area contributed by atoms with Crippen LogP contribution in [0.2, 0.25) is 0 Å². The second-order valence-corrected chi connectivity index (χ2v) is 5.20. The SMILES string of the molecule is CCn1ccc2c(C)nc3cc(-c4ccccc4)nn3c21. The number of benzene rings is 1. The van der Waals surface area contributed by atoms with Gasteiger partial charge in [0.2, 0.25) is 0 Å². The zero-order valence-electron chi connectivity index (χ0n) is 12.1. The van der Waals surface area contributed by atoms with Crippen LogP contribution < -0.4 is 0 Å². The maximum Gasteiger partial charge on any atom is 0.158 e. The first-order valence-corrected chi connectivity index (χ1v) is 7.18. The van der Waals surface area contributed by atoms with Crippen LogP contribution in [0.1, 0.15) is 12.6 Å². The van der Waals surface area contributed by atoms with Gasteiger partial charge >= 0.3 is 0 Å². The van der Waals surface area contributed by atoms with E-state index in [0.29, 0.717) is 0 Å². The Kier molecular flexibility index (Phi) is 2.57. The van der Waals surface area contributed by atoms with E-state index in [1.165, 1.54) is 0 Å². The van der Waals surface area contributed by atoms with Gasteiger partial charge in [0.1, 0.15) is 5.65 Å². The Balaban J connectivity index is 2.07. The van der Waals surface area contributed by atoms with Gasteiger partial charge in [-0.2, -0.15) is 9.61 Å². The van der Waals surface area contributed by atoms with Crippen LogP contribution in [-0.2, 0) is 6.54 Å². The Bertz CT molecular complexity index is 932. The fourth-order valence-corrected chi connectivity index (χ4v) is 2.83. The van der Waals surface area contributed by atoms with E-state index in [0.717, 1.165) is 40.2 Å². The quantitative estimate of drug-likeness (QED) is 0.560. The van der Waals surface area contributed by atoms with Gasteiger partial charge in [0.25, 0.3) is 0 Å². The van der Waals surface area contributed by atoms with Crippen LogP contribution >= 0.6 is 0 Å². The van der Waals surface area contributed by atoms with E-state index >= 15 is 0 Å². The summed E-state index contributed by atoms with van der Waals surface area (Å²) in [7, 11) is 0. The molecule has 104 valence electrons. The summed E-state index contributed by atoms with van der Waals surface area (Å²) in [5.74, 6) is 0. The van der Waals surface area contributed by atoms with Crippen molar-refractivity contribution >= 4 is 16.7 Å². The van der Waals surface area contributed by atoms with Crippen molar-refractivity contribution in [1.29, 1.82) is 0 Å². The third kappa shape index (κ3) is 1.76. The van der Waals surface area contributed by atoms with Gasteiger partial charge in [0, 0.05) is 29.8 Å². The van der Waals surface area contributed by atoms with Crippen LogP contribution in [0.25, 0.3) is 27.9 Å². The summed E-state index contributed by atoms with van der Waals surface area (Å²) >= 11 is 0. The third-order valence-corrected chi connectivity index (χ3v) is 3.91. The van der Waals surface area contributed by atoms with Crippen LogP contribution in [0.15, 0.2) is 48.7 Å². The minimum Gasteiger partial charge on any atom is -0.333 e. The average Bonchev–Trinajstić information content (AvgIpc) is 3.11. The number of rotatable bonds is 2. The topological polar surface area (TPSA) is 35.1 Å². The molecule has 21 heavy (non-hydrogen) atoms. The predicted molar refractivity (Wildman–Crippen MR) is 84.3 cm³/mol. The molecule has 4 heteroatoms. The molecular weight excluding hydrogens is 260 g/mol. The summed E-state index contributed by atoms with van der Waals surface area (Å²) in [4.78, 5) is 4.68. The predicted octanol–water partition coefficient (Wildman–Crippen LogP) is 3.68. The number of nitrogens with zero attached hydrogens (tertiary/aromatic N) is 4. The molecule has 0 amide bonds. The fraction of sp³-hybridized carbons (Fsp3) is 0.176. The largest absolute Gasteiger partial charge is 0.333 e. The summed E-state index contributed by atoms with van der Waals surface area (Å²) in [6.45, 7) is 5.11. The molecule has 0 aliphatic heterocycles. The lowest BCUT2D eigenvalue weighted by molar-refractivity contribution is 0.768. The molecule has 4 nitrogen and oxygen atoms in total. The van der Waals surface area contributed by atoms with Crippen LogP contribution in [0.5, 0.6) is 0 Å². The van der Waals surface area contributed by atoms with E-state index in [9.17, 15) is 0 Å². The molecule has 3 aromatic heterocycles. The smallest absolute Gasteiger partial charge is 0.158 e. The minimum absolute atomic E-state index is 0.896. The van der Waals surface area contributed by atoms with Crippen LogP contribution in [0.3, 0.4) is 0 Å². The normalized spacial score (nSPS) is 11.5. The van der Waals surface area contributed by atoms with Crippen molar-refractivity contribution in [3.8, 4) is 11.3 Å². The lowest BCUT2D eigenvalue weighted by atomic mass is 10.2. The Morgan fingerprint density at radius 3 is 2.67 bits per heavy atom. The van der Waals surface area contributed by atoms with Crippen molar-refractivity contribution in [2.45, 2.75) is 20.4 Å². The van der Waals surface area contributed by atoms with Crippen molar-refractivity contribution in [3.05, 3.63) is 54.4 Å². The minimum atomic E-state index is 0.896. The van der Waals surface area contributed by atoms with Gasteiger partial charge in [-0.3, -0.25) is 0 Å². The second kappa shape index (κ2) is 4.45. The van der Waals surface area contributed by atoms with Crippen LogP contribution in [-0.4, -0.2) is 19.2 Å². The van der Waals surface area contributed by atoms with Gasteiger partial charge in [-0.1, -0.05) is 30.3 Å². The van der Waals surface area contributed by atoms with E-state index in [2.05, 4.69) is 53.9 Å². The summed E-state index contributed by atoms with van der Waals surface area (Å²) in [6, 6.07) is 14.4. The van der Waals surface area contributed by atoms with Crippen molar-refractivity contribution in [1.82, 2.24) is 19.2 Å². The molecule has 0 saturated heterocycles. The molecule has 0 fully saturated rings. The lowest BCUT2D eigenvalue weighted by Gasteiger charge is -2.04. The van der Waals surface area contributed by atoms with Gasteiger partial charge in [0.05, 0.1) is 11.4 Å². The lowest BCUT2D eigenvalue weighted by Crippen LogP contribution is -2.01. The number of aryl methyl sites for hydroxylation is 2. The molecule has 1 aromatic carbocycles. The highest BCUT2D eigenvalue weighted by atomic mass is 15.3. The fourth-order valence-electron chi connectivity index (χ4n) is 2.83. The Hall–Kier alpha value is -2.62. The first-order chi connectivity index (χ1) is 10.3. The molecule has 0 radical (unpaired) electrons. The average molecular weight is 276 g/mol. The molecule has 0 unspecified atom stereocenters. The highest BCUT2D eigenvalue weighted by molar-refractivity contribution is 5.82. The molecule has 0 bridgehead atoms. The molecular formula is C17H16N4. The molecule has 0 aliphatic carbocycles.